The smallest absolute Gasteiger partial charge is 0.245 e. The van der Waals surface area contributed by atoms with Crippen molar-refractivity contribution in [3.05, 3.63) is 34.9 Å². The molecule has 3 atom stereocenters. The zero-order valence-electron chi connectivity index (χ0n) is 20.4. The Labute approximate surface area is 203 Å². The van der Waals surface area contributed by atoms with Gasteiger partial charge in [-0.25, -0.2) is 0 Å². The molecule has 1 aromatic carbocycles. The van der Waals surface area contributed by atoms with Gasteiger partial charge in [0, 0.05) is 23.5 Å². The fourth-order valence-electron chi connectivity index (χ4n) is 5.44. The first kappa shape index (κ1) is 26.0. The van der Waals surface area contributed by atoms with Gasteiger partial charge in [0.15, 0.2) is 0 Å². The molecule has 0 aromatic heterocycles. The van der Waals surface area contributed by atoms with Crippen LogP contribution in [0.1, 0.15) is 71.8 Å². The SMILES string of the molecule is CC(C)[C@@H](NC(=O)[C@H](N)C1CCCCC1)C(=O)N1CC[C@](O)(c2ccc(Cl)cc2)C(C)(C)C1. The Hall–Kier alpha value is -1.63. The average Bonchev–Trinajstić information content (AvgIpc) is 2.78. The third-order valence-corrected chi connectivity index (χ3v) is 8.03. The van der Waals surface area contributed by atoms with Gasteiger partial charge in [-0.05, 0) is 48.8 Å². The Balaban J connectivity index is 1.70. The van der Waals surface area contributed by atoms with Crippen LogP contribution in [0.4, 0.5) is 0 Å². The highest BCUT2D eigenvalue weighted by molar-refractivity contribution is 6.30. The molecular formula is C26H40ClN3O3. The largest absolute Gasteiger partial charge is 0.384 e. The Morgan fingerprint density at radius 1 is 1.15 bits per heavy atom. The van der Waals surface area contributed by atoms with Crippen LogP contribution in [0.15, 0.2) is 24.3 Å². The van der Waals surface area contributed by atoms with E-state index in [2.05, 4.69) is 5.32 Å². The minimum atomic E-state index is -1.08. The molecule has 33 heavy (non-hydrogen) atoms. The van der Waals surface area contributed by atoms with E-state index in [-0.39, 0.29) is 23.7 Å². The van der Waals surface area contributed by atoms with E-state index < -0.39 is 23.1 Å². The van der Waals surface area contributed by atoms with Crippen molar-refractivity contribution in [2.75, 3.05) is 13.1 Å². The van der Waals surface area contributed by atoms with E-state index in [4.69, 9.17) is 17.3 Å². The number of piperidine rings is 1. The molecule has 0 spiro atoms. The zero-order valence-corrected chi connectivity index (χ0v) is 21.2. The summed E-state index contributed by atoms with van der Waals surface area (Å²) in [5, 5.41) is 15.2. The number of carbonyl (C=O) groups is 2. The number of hydrogen-bond donors (Lipinski definition) is 3. The van der Waals surface area contributed by atoms with Crippen LogP contribution in [0.3, 0.4) is 0 Å². The molecule has 2 aliphatic rings. The lowest BCUT2D eigenvalue weighted by Crippen LogP contribution is -2.61. The third kappa shape index (κ3) is 5.55. The molecule has 3 rings (SSSR count). The Bertz CT molecular complexity index is 836. The fourth-order valence-corrected chi connectivity index (χ4v) is 5.56. The van der Waals surface area contributed by atoms with Gasteiger partial charge in [0.25, 0.3) is 0 Å². The van der Waals surface area contributed by atoms with Gasteiger partial charge in [-0.3, -0.25) is 9.59 Å². The number of halogens is 1. The van der Waals surface area contributed by atoms with Gasteiger partial charge in [0.05, 0.1) is 11.6 Å². The summed E-state index contributed by atoms with van der Waals surface area (Å²) in [6, 6.07) is 6.05. The van der Waals surface area contributed by atoms with Gasteiger partial charge < -0.3 is 21.1 Å². The number of aliphatic hydroxyl groups is 1. The molecule has 0 bridgehead atoms. The average molecular weight is 478 g/mol. The molecule has 0 radical (unpaired) electrons. The van der Waals surface area contributed by atoms with E-state index in [9.17, 15) is 14.7 Å². The molecule has 2 fully saturated rings. The van der Waals surface area contributed by atoms with Gasteiger partial charge in [0.1, 0.15) is 6.04 Å². The van der Waals surface area contributed by atoms with Crippen molar-refractivity contribution in [1.29, 1.82) is 0 Å². The first-order valence-corrected chi connectivity index (χ1v) is 12.7. The molecule has 6 nitrogen and oxygen atoms in total. The van der Waals surface area contributed by atoms with Crippen molar-refractivity contribution < 1.29 is 14.7 Å². The van der Waals surface area contributed by atoms with Crippen molar-refractivity contribution in [2.45, 2.75) is 83.9 Å². The molecule has 1 saturated heterocycles. The zero-order chi connectivity index (χ0) is 24.4. The summed E-state index contributed by atoms with van der Waals surface area (Å²) in [5.74, 6) is -0.228. The van der Waals surface area contributed by atoms with E-state index in [1.165, 1.54) is 6.42 Å². The number of likely N-dealkylation sites (tertiary alicyclic amines) is 1. The van der Waals surface area contributed by atoms with Gasteiger partial charge >= 0.3 is 0 Å². The maximum atomic E-state index is 13.5. The number of hydrogen-bond acceptors (Lipinski definition) is 4. The van der Waals surface area contributed by atoms with Gasteiger partial charge in [0.2, 0.25) is 11.8 Å². The van der Waals surface area contributed by atoms with Crippen LogP contribution < -0.4 is 11.1 Å². The lowest BCUT2D eigenvalue weighted by Gasteiger charge is -2.51. The maximum absolute atomic E-state index is 13.5. The fraction of sp³-hybridized carbons (Fsp3) is 0.692. The van der Waals surface area contributed by atoms with E-state index in [0.29, 0.717) is 24.5 Å². The monoisotopic (exact) mass is 477 g/mol. The summed E-state index contributed by atoms with van der Waals surface area (Å²) in [4.78, 5) is 28.2. The highest BCUT2D eigenvalue weighted by Gasteiger charge is 2.50. The van der Waals surface area contributed by atoms with Crippen molar-refractivity contribution in [2.24, 2.45) is 23.0 Å². The molecule has 1 heterocycles. The number of amides is 2. The second kappa shape index (κ2) is 10.3. The van der Waals surface area contributed by atoms with Crippen LogP contribution in [0, 0.1) is 17.3 Å². The second-order valence-electron chi connectivity index (χ2n) is 10.9. The number of rotatable bonds is 6. The summed E-state index contributed by atoms with van der Waals surface area (Å²) in [5.41, 5.74) is 5.44. The predicted molar refractivity (Wildman–Crippen MR) is 132 cm³/mol. The molecule has 7 heteroatoms. The van der Waals surface area contributed by atoms with Crippen LogP contribution in [0.5, 0.6) is 0 Å². The van der Waals surface area contributed by atoms with Gasteiger partial charge in [-0.15, -0.1) is 0 Å². The molecule has 2 amide bonds. The second-order valence-corrected chi connectivity index (χ2v) is 11.4. The number of nitrogens with two attached hydrogens (primary N) is 1. The molecule has 1 aliphatic carbocycles. The van der Waals surface area contributed by atoms with Crippen molar-refractivity contribution in [1.82, 2.24) is 10.2 Å². The number of carbonyl (C=O) groups excluding carboxylic acids is 2. The predicted octanol–water partition coefficient (Wildman–Crippen LogP) is 3.83. The molecule has 0 unspecified atom stereocenters. The standard InChI is InChI=1S/C26H40ClN3O3/c1-17(2)22(29-23(31)21(28)18-8-6-5-7-9-18)24(32)30-15-14-26(33,25(3,4)16-30)19-10-12-20(27)13-11-19/h10-13,17-18,21-22,33H,5-9,14-16,28H2,1-4H3,(H,29,31)/t21-,22-,26+/m1/s1. The lowest BCUT2D eigenvalue weighted by atomic mass is 9.66. The van der Waals surface area contributed by atoms with Crippen LogP contribution in [0.2, 0.25) is 5.02 Å². The summed E-state index contributed by atoms with van der Waals surface area (Å²) in [6.45, 7) is 8.63. The van der Waals surface area contributed by atoms with E-state index in [1.807, 2.05) is 39.8 Å². The van der Waals surface area contributed by atoms with Crippen molar-refractivity contribution in [3.8, 4) is 0 Å². The Kier molecular flexibility index (Phi) is 8.13. The Morgan fingerprint density at radius 2 is 1.76 bits per heavy atom. The number of benzene rings is 1. The lowest BCUT2D eigenvalue weighted by molar-refractivity contribution is -0.157. The minimum absolute atomic E-state index is 0.0693. The highest BCUT2D eigenvalue weighted by atomic mass is 35.5. The third-order valence-electron chi connectivity index (χ3n) is 7.77. The summed E-state index contributed by atoms with van der Waals surface area (Å²) in [6.07, 6.45) is 5.77. The molecule has 184 valence electrons. The minimum Gasteiger partial charge on any atom is -0.384 e. The van der Waals surface area contributed by atoms with Gasteiger partial charge in [-0.1, -0.05) is 70.7 Å². The van der Waals surface area contributed by atoms with Crippen molar-refractivity contribution in [3.63, 3.8) is 0 Å². The molecule has 1 saturated carbocycles. The highest BCUT2D eigenvalue weighted by Crippen LogP contribution is 2.46. The van der Waals surface area contributed by atoms with Crippen LogP contribution >= 0.6 is 11.6 Å². The summed E-state index contributed by atoms with van der Waals surface area (Å²) in [7, 11) is 0. The summed E-state index contributed by atoms with van der Waals surface area (Å²) < 4.78 is 0. The Morgan fingerprint density at radius 3 is 2.30 bits per heavy atom. The quantitative estimate of drug-likeness (QED) is 0.580. The normalized spacial score (nSPS) is 25.5. The number of nitrogens with one attached hydrogen (secondary N) is 1. The molecule has 4 N–H and O–H groups in total. The van der Waals surface area contributed by atoms with E-state index in [1.54, 1.807) is 17.0 Å². The van der Waals surface area contributed by atoms with Crippen LogP contribution in [-0.2, 0) is 15.2 Å². The van der Waals surface area contributed by atoms with Gasteiger partial charge in [-0.2, -0.15) is 0 Å². The summed E-state index contributed by atoms with van der Waals surface area (Å²) >= 11 is 6.03. The molecule has 1 aromatic rings. The van der Waals surface area contributed by atoms with Crippen LogP contribution in [-0.4, -0.2) is 47.0 Å². The first-order chi connectivity index (χ1) is 15.5. The topological polar surface area (TPSA) is 95.7 Å². The maximum Gasteiger partial charge on any atom is 0.245 e. The molecular weight excluding hydrogens is 438 g/mol. The number of nitrogens with zero attached hydrogens (tertiary/aromatic N) is 1. The van der Waals surface area contributed by atoms with E-state index >= 15 is 0 Å². The van der Waals surface area contributed by atoms with Crippen molar-refractivity contribution >= 4 is 23.4 Å². The molecule has 1 aliphatic heterocycles. The van der Waals surface area contributed by atoms with Crippen LogP contribution in [0.25, 0.3) is 0 Å². The first-order valence-electron chi connectivity index (χ1n) is 12.3. The van der Waals surface area contributed by atoms with E-state index in [0.717, 1.165) is 31.2 Å².